The van der Waals surface area contributed by atoms with Crippen molar-refractivity contribution in [2.45, 2.75) is 130 Å². The van der Waals surface area contributed by atoms with Crippen LogP contribution in [0.5, 0.6) is 0 Å². The van der Waals surface area contributed by atoms with Gasteiger partial charge < -0.3 is 0 Å². The van der Waals surface area contributed by atoms with Crippen LogP contribution in [0, 0.1) is 5.41 Å². The van der Waals surface area contributed by atoms with E-state index in [9.17, 15) is 0 Å². The molecule has 0 spiro atoms. The van der Waals surface area contributed by atoms with Crippen LogP contribution in [0.2, 0.25) is 0 Å². The molecule has 0 heteroatoms. The summed E-state index contributed by atoms with van der Waals surface area (Å²) >= 11 is 0. The Bertz CT molecular complexity index is 187. The number of unbranched alkanes of at least 4 members (excludes halogenated alkanes) is 14. The van der Waals surface area contributed by atoms with Crippen LogP contribution in [0.1, 0.15) is 130 Å². The zero-order chi connectivity index (χ0) is 15.8. The molecule has 0 aromatic carbocycles. The first-order chi connectivity index (χ1) is 10.1. The summed E-state index contributed by atoms with van der Waals surface area (Å²) in [5.74, 6) is 0. The summed E-state index contributed by atoms with van der Waals surface area (Å²) in [7, 11) is 0. The van der Waals surface area contributed by atoms with Gasteiger partial charge in [-0.05, 0) is 11.8 Å². The largest absolute Gasteiger partial charge is 0.0654 e. The Hall–Kier alpha value is 0. The molecule has 0 aliphatic heterocycles. The van der Waals surface area contributed by atoms with E-state index in [2.05, 4.69) is 27.7 Å². The minimum atomic E-state index is 0.538. The van der Waals surface area contributed by atoms with E-state index in [4.69, 9.17) is 0 Å². The van der Waals surface area contributed by atoms with Gasteiger partial charge in [0, 0.05) is 0 Å². The molecule has 0 unspecified atom stereocenters. The summed E-state index contributed by atoms with van der Waals surface area (Å²) in [5.41, 5.74) is 0.538. The van der Waals surface area contributed by atoms with Crippen molar-refractivity contribution in [3.63, 3.8) is 0 Å². The lowest BCUT2D eigenvalue weighted by molar-refractivity contribution is 0.356. The van der Waals surface area contributed by atoms with Crippen LogP contribution in [0.3, 0.4) is 0 Å². The molecule has 0 nitrogen and oxygen atoms in total. The van der Waals surface area contributed by atoms with E-state index in [1.165, 1.54) is 103 Å². The molecular weight excluding hydrogens is 252 g/mol. The monoisotopic (exact) mass is 296 g/mol. The molecule has 0 amide bonds. The Morgan fingerprint density at radius 3 is 1.00 bits per heavy atom. The molecule has 128 valence electrons. The highest BCUT2D eigenvalue weighted by molar-refractivity contribution is 4.61. The SMILES string of the molecule is CCCCCCCCCCCCCCCCCC(C)(C)C. The Morgan fingerprint density at radius 2 is 0.714 bits per heavy atom. The highest BCUT2D eigenvalue weighted by Gasteiger charge is 2.08. The Balaban J connectivity index is 3.00. The van der Waals surface area contributed by atoms with Gasteiger partial charge in [-0.25, -0.2) is 0 Å². The van der Waals surface area contributed by atoms with Crippen molar-refractivity contribution in [2.75, 3.05) is 0 Å². The fraction of sp³-hybridized carbons (Fsp3) is 1.00. The van der Waals surface area contributed by atoms with E-state index in [-0.39, 0.29) is 0 Å². The van der Waals surface area contributed by atoms with E-state index < -0.39 is 0 Å². The molecule has 0 fully saturated rings. The van der Waals surface area contributed by atoms with Gasteiger partial charge in [0.05, 0.1) is 0 Å². The van der Waals surface area contributed by atoms with E-state index in [1.54, 1.807) is 0 Å². The lowest BCUT2D eigenvalue weighted by atomic mass is 9.89. The zero-order valence-corrected chi connectivity index (χ0v) is 15.8. The van der Waals surface area contributed by atoms with Gasteiger partial charge in [-0.3, -0.25) is 0 Å². The standard InChI is InChI=1S/C21H44/c1-5-6-7-8-9-10-11-12-13-14-15-16-17-18-19-20-21(2,3)4/h5-20H2,1-4H3. The predicted molar refractivity (Wildman–Crippen MR) is 99.0 cm³/mol. The van der Waals surface area contributed by atoms with Crippen molar-refractivity contribution >= 4 is 0 Å². The quantitative estimate of drug-likeness (QED) is 0.267. The van der Waals surface area contributed by atoms with Gasteiger partial charge in [-0.2, -0.15) is 0 Å². The summed E-state index contributed by atoms with van der Waals surface area (Å²) in [5, 5.41) is 0. The summed E-state index contributed by atoms with van der Waals surface area (Å²) in [6.07, 6.45) is 23.3. The van der Waals surface area contributed by atoms with Crippen molar-refractivity contribution < 1.29 is 0 Å². The third-order valence-corrected chi connectivity index (χ3v) is 4.53. The summed E-state index contributed by atoms with van der Waals surface area (Å²) in [4.78, 5) is 0. The van der Waals surface area contributed by atoms with Crippen molar-refractivity contribution in [3.05, 3.63) is 0 Å². The van der Waals surface area contributed by atoms with Crippen LogP contribution < -0.4 is 0 Å². The fourth-order valence-electron chi connectivity index (χ4n) is 3.03. The van der Waals surface area contributed by atoms with Gasteiger partial charge >= 0.3 is 0 Å². The topological polar surface area (TPSA) is 0 Å². The number of rotatable bonds is 15. The van der Waals surface area contributed by atoms with Crippen LogP contribution in [0.15, 0.2) is 0 Å². The Morgan fingerprint density at radius 1 is 0.429 bits per heavy atom. The van der Waals surface area contributed by atoms with Crippen molar-refractivity contribution in [3.8, 4) is 0 Å². The average molecular weight is 297 g/mol. The maximum atomic E-state index is 2.36. The van der Waals surface area contributed by atoms with E-state index >= 15 is 0 Å². The van der Waals surface area contributed by atoms with Gasteiger partial charge in [0.15, 0.2) is 0 Å². The van der Waals surface area contributed by atoms with Crippen LogP contribution >= 0.6 is 0 Å². The third-order valence-electron chi connectivity index (χ3n) is 4.53. The van der Waals surface area contributed by atoms with Crippen molar-refractivity contribution in [1.82, 2.24) is 0 Å². The molecule has 0 aliphatic carbocycles. The minimum Gasteiger partial charge on any atom is -0.0654 e. The molecule has 0 aromatic rings. The second-order valence-corrected chi connectivity index (χ2v) is 8.26. The van der Waals surface area contributed by atoms with Crippen molar-refractivity contribution in [1.29, 1.82) is 0 Å². The summed E-state index contributed by atoms with van der Waals surface area (Å²) < 4.78 is 0. The molecule has 0 saturated heterocycles. The first-order valence-corrected chi connectivity index (χ1v) is 10.1. The molecule has 0 radical (unpaired) electrons. The normalized spacial score (nSPS) is 12.0. The maximum absolute atomic E-state index is 2.36. The molecule has 0 aromatic heterocycles. The number of hydrogen-bond acceptors (Lipinski definition) is 0. The Kier molecular flexibility index (Phi) is 14.9. The molecule has 0 saturated carbocycles. The predicted octanol–water partition coefficient (Wildman–Crippen LogP) is 8.29. The van der Waals surface area contributed by atoms with Gasteiger partial charge in [0.25, 0.3) is 0 Å². The number of hydrogen-bond donors (Lipinski definition) is 0. The van der Waals surface area contributed by atoms with E-state index in [1.807, 2.05) is 0 Å². The molecule has 0 bridgehead atoms. The van der Waals surface area contributed by atoms with Gasteiger partial charge in [-0.1, -0.05) is 124 Å². The second-order valence-electron chi connectivity index (χ2n) is 8.26. The highest BCUT2D eigenvalue weighted by Crippen LogP contribution is 2.22. The molecular formula is C21H44. The van der Waals surface area contributed by atoms with Crippen LogP contribution in [-0.4, -0.2) is 0 Å². The van der Waals surface area contributed by atoms with Crippen LogP contribution in [0.25, 0.3) is 0 Å². The first-order valence-electron chi connectivity index (χ1n) is 10.1. The Labute approximate surface area is 136 Å². The summed E-state index contributed by atoms with van der Waals surface area (Å²) in [6.45, 7) is 9.37. The maximum Gasteiger partial charge on any atom is -0.0383 e. The van der Waals surface area contributed by atoms with E-state index in [0.717, 1.165) is 0 Å². The molecule has 0 N–H and O–H groups in total. The first kappa shape index (κ1) is 21.0. The summed E-state index contributed by atoms with van der Waals surface area (Å²) in [6, 6.07) is 0. The van der Waals surface area contributed by atoms with Gasteiger partial charge in [0.2, 0.25) is 0 Å². The zero-order valence-electron chi connectivity index (χ0n) is 15.8. The van der Waals surface area contributed by atoms with Gasteiger partial charge in [0.1, 0.15) is 0 Å². The molecule has 0 rings (SSSR count). The van der Waals surface area contributed by atoms with E-state index in [0.29, 0.717) is 5.41 Å². The second kappa shape index (κ2) is 14.9. The lowest BCUT2D eigenvalue weighted by Gasteiger charge is -2.17. The molecule has 0 heterocycles. The molecule has 21 heavy (non-hydrogen) atoms. The molecule has 0 atom stereocenters. The lowest BCUT2D eigenvalue weighted by Crippen LogP contribution is -2.03. The highest BCUT2D eigenvalue weighted by atomic mass is 14.1. The van der Waals surface area contributed by atoms with Gasteiger partial charge in [-0.15, -0.1) is 0 Å². The molecule has 0 aliphatic rings. The fourth-order valence-corrected chi connectivity index (χ4v) is 3.03. The average Bonchev–Trinajstić information content (AvgIpc) is 2.42. The van der Waals surface area contributed by atoms with Crippen LogP contribution in [-0.2, 0) is 0 Å². The minimum absolute atomic E-state index is 0.538. The van der Waals surface area contributed by atoms with Crippen LogP contribution in [0.4, 0.5) is 0 Å². The van der Waals surface area contributed by atoms with Crippen molar-refractivity contribution in [2.24, 2.45) is 5.41 Å². The third kappa shape index (κ3) is 20.0. The smallest absolute Gasteiger partial charge is 0.0383 e.